The molecule has 1 amide bonds. The highest BCUT2D eigenvalue weighted by molar-refractivity contribution is 8.00. The number of furan rings is 1. The van der Waals surface area contributed by atoms with Gasteiger partial charge >= 0.3 is 0 Å². The Hall–Kier alpha value is -2.74. The zero-order valence-corrected chi connectivity index (χ0v) is 16.2. The van der Waals surface area contributed by atoms with E-state index in [0.29, 0.717) is 23.4 Å². The maximum absolute atomic E-state index is 12.3. The van der Waals surface area contributed by atoms with Crippen LogP contribution in [0, 0.1) is 6.92 Å². The van der Waals surface area contributed by atoms with Crippen molar-refractivity contribution in [1.82, 2.24) is 15.5 Å². The number of rotatable bonds is 8. The van der Waals surface area contributed by atoms with Gasteiger partial charge in [0.25, 0.3) is 11.1 Å². The van der Waals surface area contributed by atoms with Crippen molar-refractivity contribution in [2.75, 3.05) is 13.7 Å². The van der Waals surface area contributed by atoms with Crippen LogP contribution in [0.3, 0.4) is 0 Å². The van der Waals surface area contributed by atoms with E-state index >= 15 is 0 Å². The van der Waals surface area contributed by atoms with Gasteiger partial charge in [-0.15, -0.1) is 10.2 Å². The molecule has 0 aliphatic rings. The summed E-state index contributed by atoms with van der Waals surface area (Å²) >= 11 is 1.23. The molecule has 1 N–H and O–H groups in total. The number of nitrogens with zero attached hydrogens (tertiary/aromatic N) is 2. The Morgan fingerprint density at radius 1 is 1.26 bits per heavy atom. The van der Waals surface area contributed by atoms with Gasteiger partial charge < -0.3 is 18.9 Å². The fourth-order valence-electron chi connectivity index (χ4n) is 2.44. The van der Waals surface area contributed by atoms with E-state index in [2.05, 4.69) is 15.5 Å². The molecule has 0 bridgehead atoms. The van der Waals surface area contributed by atoms with E-state index in [1.807, 2.05) is 31.2 Å². The topological polar surface area (TPSA) is 90.4 Å². The van der Waals surface area contributed by atoms with E-state index in [4.69, 9.17) is 13.6 Å². The van der Waals surface area contributed by atoms with Gasteiger partial charge in [-0.1, -0.05) is 23.9 Å². The minimum absolute atomic E-state index is 0.0762. The molecule has 3 rings (SSSR count). The zero-order chi connectivity index (χ0) is 19.2. The third-order valence-corrected chi connectivity index (χ3v) is 4.95. The Morgan fingerprint density at radius 3 is 2.70 bits per heavy atom. The standard InChI is InChI=1S/C19H21N3O4S/c1-12-16(9-11-25-12)18-21-22-19(26-18)27-13(2)17(23)20-10-8-14-4-6-15(24-3)7-5-14/h4-7,9,11,13H,8,10H2,1-3H3,(H,20,23). The SMILES string of the molecule is COc1ccc(CCNC(=O)C(C)Sc2nnc(-c3ccoc3C)o2)cc1. The van der Waals surface area contributed by atoms with Gasteiger partial charge in [-0.3, -0.25) is 4.79 Å². The summed E-state index contributed by atoms with van der Waals surface area (Å²) in [5.74, 6) is 1.83. The summed E-state index contributed by atoms with van der Waals surface area (Å²) in [6.07, 6.45) is 2.32. The van der Waals surface area contributed by atoms with Gasteiger partial charge in [-0.25, -0.2) is 0 Å². The van der Waals surface area contributed by atoms with Crippen molar-refractivity contribution >= 4 is 17.7 Å². The molecule has 0 aliphatic heterocycles. The molecule has 2 aromatic heterocycles. The van der Waals surface area contributed by atoms with E-state index in [1.165, 1.54) is 11.8 Å². The second-order valence-electron chi connectivity index (χ2n) is 5.91. The second kappa shape index (κ2) is 8.77. The van der Waals surface area contributed by atoms with Crippen molar-refractivity contribution in [3.8, 4) is 17.2 Å². The molecule has 7 nitrogen and oxygen atoms in total. The first-order valence-electron chi connectivity index (χ1n) is 8.52. The lowest BCUT2D eigenvalue weighted by Gasteiger charge is -2.10. The van der Waals surface area contributed by atoms with Crippen LogP contribution in [0.5, 0.6) is 5.75 Å². The van der Waals surface area contributed by atoms with E-state index in [-0.39, 0.29) is 11.2 Å². The highest BCUT2D eigenvalue weighted by atomic mass is 32.2. The van der Waals surface area contributed by atoms with E-state index < -0.39 is 0 Å². The van der Waals surface area contributed by atoms with Crippen LogP contribution in [0.2, 0.25) is 0 Å². The van der Waals surface area contributed by atoms with Gasteiger partial charge in [0.1, 0.15) is 11.5 Å². The number of carbonyl (C=O) groups is 1. The van der Waals surface area contributed by atoms with Gasteiger partial charge in [-0.2, -0.15) is 0 Å². The summed E-state index contributed by atoms with van der Waals surface area (Å²) in [4.78, 5) is 12.3. The van der Waals surface area contributed by atoms with Crippen molar-refractivity contribution in [1.29, 1.82) is 0 Å². The number of aromatic nitrogens is 2. The number of hydrogen-bond donors (Lipinski definition) is 1. The summed E-state index contributed by atoms with van der Waals surface area (Å²) in [6.45, 7) is 4.19. The number of aryl methyl sites for hydroxylation is 1. The van der Waals surface area contributed by atoms with Crippen LogP contribution < -0.4 is 10.1 Å². The molecule has 2 heterocycles. The van der Waals surface area contributed by atoms with Crippen LogP contribution in [-0.4, -0.2) is 35.0 Å². The first kappa shape index (κ1) is 19.0. The van der Waals surface area contributed by atoms with E-state index in [1.54, 1.807) is 26.4 Å². The average Bonchev–Trinajstić information content (AvgIpc) is 3.30. The molecule has 0 fully saturated rings. The van der Waals surface area contributed by atoms with Gasteiger partial charge in [0.05, 0.1) is 24.2 Å². The summed E-state index contributed by atoms with van der Waals surface area (Å²) < 4.78 is 16.0. The fraction of sp³-hybridized carbons (Fsp3) is 0.316. The number of amides is 1. The molecule has 1 unspecified atom stereocenters. The Morgan fingerprint density at radius 2 is 2.04 bits per heavy atom. The quantitative estimate of drug-likeness (QED) is 0.592. The number of benzene rings is 1. The normalized spacial score (nSPS) is 12.0. The molecule has 27 heavy (non-hydrogen) atoms. The average molecular weight is 387 g/mol. The maximum atomic E-state index is 12.3. The summed E-state index contributed by atoms with van der Waals surface area (Å²) in [5.41, 5.74) is 1.89. The molecule has 0 aliphatic carbocycles. The molecule has 8 heteroatoms. The number of hydrogen-bond acceptors (Lipinski definition) is 7. The monoisotopic (exact) mass is 387 g/mol. The smallest absolute Gasteiger partial charge is 0.277 e. The number of ether oxygens (including phenoxy) is 1. The number of carbonyl (C=O) groups excluding carboxylic acids is 1. The van der Waals surface area contributed by atoms with Crippen LogP contribution in [0.4, 0.5) is 0 Å². The Bertz CT molecular complexity index is 889. The highest BCUT2D eigenvalue weighted by Gasteiger charge is 2.19. The molecular weight excluding hydrogens is 366 g/mol. The van der Waals surface area contributed by atoms with Gasteiger partial charge in [-0.05, 0) is 44.0 Å². The third-order valence-electron chi connectivity index (χ3n) is 4.01. The largest absolute Gasteiger partial charge is 0.497 e. The van der Waals surface area contributed by atoms with Crippen LogP contribution in [0.25, 0.3) is 11.5 Å². The van der Waals surface area contributed by atoms with Crippen molar-refractivity contribution in [2.24, 2.45) is 0 Å². The first-order chi connectivity index (χ1) is 13.1. The lowest BCUT2D eigenvalue weighted by atomic mass is 10.1. The molecule has 0 saturated heterocycles. The lowest BCUT2D eigenvalue weighted by Crippen LogP contribution is -2.32. The molecule has 3 aromatic rings. The fourth-order valence-corrected chi connectivity index (χ4v) is 3.15. The second-order valence-corrected chi connectivity index (χ2v) is 7.20. The van der Waals surface area contributed by atoms with Crippen molar-refractivity contribution in [3.05, 3.63) is 47.9 Å². The van der Waals surface area contributed by atoms with Gasteiger partial charge in [0.15, 0.2) is 0 Å². The lowest BCUT2D eigenvalue weighted by molar-refractivity contribution is -0.120. The molecule has 0 saturated carbocycles. The maximum Gasteiger partial charge on any atom is 0.277 e. The van der Waals surface area contributed by atoms with Crippen molar-refractivity contribution in [3.63, 3.8) is 0 Å². The zero-order valence-electron chi connectivity index (χ0n) is 15.4. The third kappa shape index (κ3) is 4.91. The summed E-state index contributed by atoms with van der Waals surface area (Å²) in [7, 11) is 1.64. The van der Waals surface area contributed by atoms with Crippen LogP contribution in [0.1, 0.15) is 18.2 Å². The van der Waals surface area contributed by atoms with Crippen molar-refractivity contribution in [2.45, 2.75) is 30.7 Å². The Labute approximate surface area is 161 Å². The molecule has 0 radical (unpaired) electrons. The number of nitrogens with one attached hydrogen (secondary N) is 1. The van der Waals surface area contributed by atoms with E-state index in [9.17, 15) is 4.79 Å². The predicted octanol–water partition coefficient (Wildman–Crippen LogP) is 3.49. The van der Waals surface area contributed by atoms with Crippen LogP contribution in [-0.2, 0) is 11.2 Å². The molecule has 1 aromatic carbocycles. The summed E-state index contributed by atoms with van der Waals surface area (Å²) in [6, 6.07) is 9.56. The van der Waals surface area contributed by atoms with Gasteiger partial charge in [0.2, 0.25) is 5.91 Å². The highest BCUT2D eigenvalue weighted by Crippen LogP contribution is 2.28. The minimum Gasteiger partial charge on any atom is -0.497 e. The number of methoxy groups -OCH3 is 1. The molecular formula is C19H21N3O4S. The predicted molar refractivity (Wildman–Crippen MR) is 102 cm³/mol. The van der Waals surface area contributed by atoms with Gasteiger partial charge in [0, 0.05) is 6.54 Å². The van der Waals surface area contributed by atoms with Crippen LogP contribution >= 0.6 is 11.8 Å². The minimum atomic E-state index is -0.348. The summed E-state index contributed by atoms with van der Waals surface area (Å²) in [5, 5.41) is 10.9. The van der Waals surface area contributed by atoms with Crippen LogP contribution in [0.15, 0.2) is 50.7 Å². The van der Waals surface area contributed by atoms with E-state index in [0.717, 1.165) is 23.3 Å². The Kier molecular flexibility index (Phi) is 6.18. The molecule has 1 atom stereocenters. The Balaban J connectivity index is 1.47. The first-order valence-corrected chi connectivity index (χ1v) is 9.40. The van der Waals surface area contributed by atoms with Crippen molar-refractivity contribution < 1.29 is 18.4 Å². The molecule has 0 spiro atoms. The number of thioether (sulfide) groups is 1. The molecule has 142 valence electrons.